The number of hydrogen-bond donors (Lipinski definition) is 2. The molecule has 5 nitrogen and oxygen atoms in total. The number of amides is 1. The lowest BCUT2D eigenvalue weighted by atomic mass is 9.85. The summed E-state index contributed by atoms with van der Waals surface area (Å²) in [7, 11) is 0. The second-order valence-electron chi connectivity index (χ2n) is 8.63. The van der Waals surface area contributed by atoms with Gasteiger partial charge in [-0.15, -0.1) is 0 Å². The maximum absolute atomic E-state index is 13.0. The van der Waals surface area contributed by atoms with Gasteiger partial charge in [0.1, 0.15) is 5.60 Å². The Balaban J connectivity index is 1.38. The van der Waals surface area contributed by atoms with Crippen LogP contribution in [0.3, 0.4) is 0 Å². The van der Waals surface area contributed by atoms with Gasteiger partial charge >= 0.3 is 6.18 Å². The molecule has 1 heterocycles. The number of carbonyl (C=O) groups is 1. The Labute approximate surface area is 207 Å². The fourth-order valence-corrected chi connectivity index (χ4v) is 3.99. The van der Waals surface area contributed by atoms with E-state index in [1.165, 1.54) is 17.0 Å². The molecule has 0 aromatic heterocycles. The standard InChI is InChI=1S/C28H25F3N2O3/c1-3-4-10-24-19(2)7-5-11-25(24)36-32-23-14-12-20(13-15-23)26(34)33-17-27(35,18-33)21-8-6-9-22(16-21)28(29,30)31/h3-16,32,35H,1,17-18H2,2H3/b10-4-. The van der Waals surface area contributed by atoms with Crippen molar-refractivity contribution in [2.45, 2.75) is 18.7 Å². The van der Waals surface area contributed by atoms with Gasteiger partial charge in [0.15, 0.2) is 5.75 Å². The molecule has 1 fully saturated rings. The summed E-state index contributed by atoms with van der Waals surface area (Å²) >= 11 is 0. The van der Waals surface area contributed by atoms with Crippen LogP contribution in [0.15, 0.2) is 85.5 Å². The van der Waals surface area contributed by atoms with Gasteiger partial charge in [0, 0.05) is 11.1 Å². The molecule has 0 aliphatic carbocycles. The zero-order valence-corrected chi connectivity index (χ0v) is 19.5. The van der Waals surface area contributed by atoms with Crippen LogP contribution in [0.4, 0.5) is 18.9 Å². The zero-order valence-electron chi connectivity index (χ0n) is 19.5. The van der Waals surface area contributed by atoms with Crippen molar-refractivity contribution in [2.75, 3.05) is 18.6 Å². The van der Waals surface area contributed by atoms with E-state index in [1.54, 1.807) is 30.3 Å². The van der Waals surface area contributed by atoms with Gasteiger partial charge in [-0.2, -0.15) is 13.2 Å². The monoisotopic (exact) mass is 494 g/mol. The summed E-state index contributed by atoms with van der Waals surface area (Å²) in [6.45, 7) is 5.47. The maximum atomic E-state index is 13.0. The molecule has 1 aliphatic rings. The summed E-state index contributed by atoms with van der Waals surface area (Å²) in [6, 6.07) is 16.8. The lowest BCUT2D eigenvalue weighted by Gasteiger charge is -2.46. The van der Waals surface area contributed by atoms with E-state index < -0.39 is 17.3 Å². The number of benzene rings is 3. The van der Waals surface area contributed by atoms with E-state index in [4.69, 9.17) is 4.84 Å². The van der Waals surface area contributed by atoms with Crippen LogP contribution in [0.1, 0.15) is 32.6 Å². The number of aryl methyl sites for hydroxylation is 1. The molecule has 186 valence electrons. The van der Waals surface area contributed by atoms with Crippen molar-refractivity contribution in [3.8, 4) is 5.75 Å². The highest BCUT2D eigenvalue weighted by molar-refractivity contribution is 5.95. The van der Waals surface area contributed by atoms with Crippen molar-refractivity contribution < 1.29 is 27.9 Å². The Morgan fingerprint density at radius 1 is 1.11 bits per heavy atom. The van der Waals surface area contributed by atoms with E-state index in [0.717, 1.165) is 23.3 Å². The van der Waals surface area contributed by atoms with Crippen LogP contribution in [0.5, 0.6) is 5.75 Å². The molecule has 2 N–H and O–H groups in total. The topological polar surface area (TPSA) is 61.8 Å². The molecule has 3 aromatic carbocycles. The fraction of sp³-hybridized carbons (Fsp3) is 0.179. The molecule has 0 bridgehead atoms. The largest absolute Gasteiger partial charge is 0.416 e. The number of nitrogens with one attached hydrogen (secondary N) is 1. The number of allylic oxidation sites excluding steroid dienone is 2. The SMILES string of the molecule is C=C/C=C\c1c(C)cccc1ONc1ccc(C(=O)N2CC(O)(c3cccc(C(F)(F)F)c3)C2)cc1. The number of hydrogen-bond acceptors (Lipinski definition) is 4. The van der Waals surface area contributed by atoms with Crippen LogP contribution < -0.4 is 10.3 Å². The summed E-state index contributed by atoms with van der Waals surface area (Å²) in [4.78, 5) is 20.0. The highest BCUT2D eigenvalue weighted by atomic mass is 19.4. The summed E-state index contributed by atoms with van der Waals surface area (Å²) in [6.07, 6.45) is 0.889. The minimum absolute atomic E-state index is 0.0926. The van der Waals surface area contributed by atoms with Gasteiger partial charge in [0.05, 0.1) is 24.3 Å². The normalized spacial score (nSPS) is 14.9. The fourth-order valence-electron chi connectivity index (χ4n) is 3.99. The summed E-state index contributed by atoms with van der Waals surface area (Å²) in [5.41, 5.74) is 3.60. The number of aliphatic hydroxyl groups is 1. The average molecular weight is 495 g/mol. The van der Waals surface area contributed by atoms with Gasteiger partial charge in [0.25, 0.3) is 5.91 Å². The first kappa shape index (κ1) is 25.1. The maximum Gasteiger partial charge on any atom is 0.416 e. The number of β-amino-alcohol motifs (C(OH)–C–C–N with tert-alkyl or cyclic N) is 1. The highest BCUT2D eigenvalue weighted by Gasteiger charge is 2.46. The first-order valence-corrected chi connectivity index (χ1v) is 11.2. The number of halogens is 3. The van der Waals surface area contributed by atoms with Crippen LogP contribution in [0, 0.1) is 6.92 Å². The highest BCUT2D eigenvalue weighted by Crippen LogP contribution is 2.36. The lowest BCUT2D eigenvalue weighted by Crippen LogP contribution is -2.61. The third kappa shape index (κ3) is 5.28. The molecule has 1 aliphatic heterocycles. The second-order valence-corrected chi connectivity index (χ2v) is 8.63. The molecule has 0 saturated carbocycles. The Bertz CT molecular complexity index is 1290. The Morgan fingerprint density at radius 2 is 1.81 bits per heavy atom. The van der Waals surface area contributed by atoms with E-state index in [0.29, 0.717) is 17.0 Å². The predicted octanol–water partition coefficient (Wildman–Crippen LogP) is 5.96. The zero-order chi connectivity index (χ0) is 25.9. The minimum atomic E-state index is -4.51. The van der Waals surface area contributed by atoms with Crippen LogP contribution in [0.25, 0.3) is 6.08 Å². The predicted molar refractivity (Wildman–Crippen MR) is 132 cm³/mol. The quantitative estimate of drug-likeness (QED) is 0.314. The molecule has 0 unspecified atom stereocenters. The molecule has 36 heavy (non-hydrogen) atoms. The second kappa shape index (κ2) is 9.91. The Hall–Kier alpha value is -4.04. The minimum Gasteiger partial charge on any atom is -0.382 e. The number of rotatable bonds is 7. The average Bonchev–Trinajstić information content (AvgIpc) is 2.84. The molecule has 3 aromatic rings. The number of alkyl halides is 3. The van der Waals surface area contributed by atoms with Crippen molar-refractivity contribution in [3.05, 3.63) is 113 Å². The van der Waals surface area contributed by atoms with Gasteiger partial charge in [-0.25, -0.2) is 5.48 Å². The van der Waals surface area contributed by atoms with Gasteiger partial charge in [0.2, 0.25) is 0 Å². The van der Waals surface area contributed by atoms with Crippen LogP contribution in [-0.4, -0.2) is 29.0 Å². The third-order valence-corrected chi connectivity index (χ3v) is 6.01. The van der Waals surface area contributed by atoms with Crippen molar-refractivity contribution in [1.29, 1.82) is 0 Å². The van der Waals surface area contributed by atoms with Gasteiger partial charge < -0.3 is 14.8 Å². The van der Waals surface area contributed by atoms with Crippen molar-refractivity contribution in [1.82, 2.24) is 4.90 Å². The number of carbonyl (C=O) groups excluding carboxylic acids is 1. The lowest BCUT2D eigenvalue weighted by molar-refractivity contribution is -0.138. The first-order chi connectivity index (χ1) is 17.1. The van der Waals surface area contributed by atoms with Crippen molar-refractivity contribution in [3.63, 3.8) is 0 Å². The van der Waals surface area contributed by atoms with E-state index >= 15 is 0 Å². The van der Waals surface area contributed by atoms with E-state index in [2.05, 4.69) is 12.1 Å². The Kier molecular flexibility index (Phi) is 6.90. The molecule has 4 rings (SSSR count). The van der Waals surface area contributed by atoms with E-state index in [1.807, 2.05) is 37.3 Å². The summed E-state index contributed by atoms with van der Waals surface area (Å²) < 4.78 is 39.0. The smallest absolute Gasteiger partial charge is 0.382 e. The molecule has 1 amide bonds. The molecule has 1 saturated heterocycles. The van der Waals surface area contributed by atoms with E-state index in [9.17, 15) is 23.1 Å². The van der Waals surface area contributed by atoms with Gasteiger partial charge in [-0.1, -0.05) is 49.1 Å². The molecular formula is C28H25F3N2O3. The van der Waals surface area contributed by atoms with Crippen LogP contribution >= 0.6 is 0 Å². The van der Waals surface area contributed by atoms with Crippen LogP contribution in [-0.2, 0) is 11.8 Å². The number of anilines is 1. The molecular weight excluding hydrogens is 469 g/mol. The number of likely N-dealkylation sites (tertiary alicyclic amines) is 1. The van der Waals surface area contributed by atoms with Crippen LogP contribution in [0.2, 0.25) is 0 Å². The third-order valence-electron chi connectivity index (χ3n) is 6.01. The number of nitrogens with zero attached hydrogens (tertiary/aromatic N) is 1. The van der Waals surface area contributed by atoms with Crippen molar-refractivity contribution >= 4 is 17.7 Å². The molecule has 8 heteroatoms. The molecule has 0 atom stereocenters. The van der Waals surface area contributed by atoms with Crippen molar-refractivity contribution in [2.24, 2.45) is 0 Å². The van der Waals surface area contributed by atoms with E-state index in [-0.39, 0.29) is 24.6 Å². The molecule has 0 spiro atoms. The summed E-state index contributed by atoms with van der Waals surface area (Å²) in [5, 5.41) is 10.8. The van der Waals surface area contributed by atoms with Gasteiger partial charge in [-0.3, -0.25) is 4.79 Å². The van der Waals surface area contributed by atoms with Gasteiger partial charge in [-0.05, 0) is 60.5 Å². The first-order valence-electron chi connectivity index (χ1n) is 11.2. The molecule has 0 radical (unpaired) electrons. The summed E-state index contributed by atoms with van der Waals surface area (Å²) in [5.74, 6) is 0.303. The Morgan fingerprint density at radius 3 is 2.47 bits per heavy atom.